The van der Waals surface area contributed by atoms with Crippen LogP contribution in [0.2, 0.25) is 0 Å². The minimum Gasteiger partial charge on any atom is -0.310 e. The molecule has 0 unspecified atom stereocenters. The summed E-state index contributed by atoms with van der Waals surface area (Å²) in [6, 6.07) is 5.62. The van der Waals surface area contributed by atoms with Gasteiger partial charge in [-0.2, -0.15) is 0 Å². The van der Waals surface area contributed by atoms with Gasteiger partial charge in [-0.15, -0.1) is 0 Å². The quantitative estimate of drug-likeness (QED) is 0.843. The lowest BCUT2D eigenvalue weighted by Crippen LogP contribution is -2.34. The van der Waals surface area contributed by atoms with Gasteiger partial charge in [0, 0.05) is 12.6 Å². The van der Waals surface area contributed by atoms with E-state index in [-0.39, 0.29) is 5.82 Å². The van der Waals surface area contributed by atoms with E-state index in [0.29, 0.717) is 6.04 Å². The maximum absolute atomic E-state index is 13.0. The molecule has 2 heteroatoms. The van der Waals surface area contributed by atoms with Crippen molar-refractivity contribution in [3.05, 3.63) is 35.1 Å². The van der Waals surface area contributed by atoms with Crippen molar-refractivity contribution >= 4 is 0 Å². The summed E-state index contributed by atoms with van der Waals surface area (Å²) >= 11 is 0. The zero-order valence-corrected chi connectivity index (χ0v) is 11.5. The molecule has 0 heterocycles. The van der Waals surface area contributed by atoms with Crippen molar-refractivity contribution in [1.29, 1.82) is 0 Å². The van der Waals surface area contributed by atoms with Gasteiger partial charge in [0.15, 0.2) is 0 Å². The Hall–Kier alpha value is -0.890. The van der Waals surface area contributed by atoms with E-state index in [0.717, 1.165) is 18.0 Å². The Morgan fingerprint density at radius 2 is 2.00 bits per heavy atom. The van der Waals surface area contributed by atoms with Gasteiger partial charge in [0.25, 0.3) is 0 Å². The molecular weight excluding hydrogens is 225 g/mol. The molecule has 1 N–H and O–H groups in total. The van der Waals surface area contributed by atoms with Gasteiger partial charge < -0.3 is 5.32 Å². The van der Waals surface area contributed by atoms with Gasteiger partial charge in [-0.1, -0.05) is 25.3 Å². The van der Waals surface area contributed by atoms with E-state index in [1.807, 2.05) is 13.0 Å². The highest BCUT2D eigenvalue weighted by atomic mass is 19.1. The van der Waals surface area contributed by atoms with E-state index in [4.69, 9.17) is 0 Å². The van der Waals surface area contributed by atoms with Crippen LogP contribution < -0.4 is 5.32 Å². The molecule has 0 saturated heterocycles. The third-order valence-corrected chi connectivity index (χ3v) is 4.28. The lowest BCUT2D eigenvalue weighted by atomic mass is 9.84. The summed E-state index contributed by atoms with van der Waals surface area (Å²) in [5, 5.41) is 3.61. The molecular formula is C16H24FN. The largest absolute Gasteiger partial charge is 0.310 e. The van der Waals surface area contributed by atoms with Crippen molar-refractivity contribution in [1.82, 2.24) is 5.32 Å². The summed E-state index contributed by atoms with van der Waals surface area (Å²) in [5.74, 6) is 0.677. The zero-order valence-electron chi connectivity index (χ0n) is 11.5. The normalized spacial score (nSPS) is 18.8. The van der Waals surface area contributed by atoms with Crippen LogP contribution in [0.4, 0.5) is 4.39 Å². The molecule has 100 valence electrons. The second-order valence-corrected chi connectivity index (χ2v) is 5.64. The SMILES string of the molecule is Cc1cc(F)ccc1CN[C@@H](C)C1CCCCC1. The van der Waals surface area contributed by atoms with Crippen molar-refractivity contribution in [2.75, 3.05) is 0 Å². The average Bonchev–Trinajstić information content (AvgIpc) is 2.38. The number of benzene rings is 1. The zero-order chi connectivity index (χ0) is 13.0. The van der Waals surface area contributed by atoms with Crippen LogP contribution in [-0.2, 0) is 6.54 Å². The first kappa shape index (κ1) is 13.5. The number of rotatable bonds is 4. The molecule has 1 aromatic carbocycles. The first-order chi connectivity index (χ1) is 8.66. The van der Waals surface area contributed by atoms with Crippen LogP contribution in [0, 0.1) is 18.7 Å². The summed E-state index contributed by atoms with van der Waals surface area (Å²) in [7, 11) is 0. The number of halogens is 1. The molecule has 0 bridgehead atoms. The van der Waals surface area contributed by atoms with Crippen LogP contribution in [0.25, 0.3) is 0 Å². The highest BCUT2D eigenvalue weighted by Crippen LogP contribution is 2.26. The Kier molecular flexibility index (Phi) is 4.76. The predicted molar refractivity (Wildman–Crippen MR) is 74.0 cm³/mol. The smallest absolute Gasteiger partial charge is 0.123 e. The molecule has 2 rings (SSSR count). The topological polar surface area (TPSA) is 12.0 Å². The minimum atomic E-state index is -0.142. The number of hydrogen-bond acceptors (Lipinski definition) is 1. The van der Waals surface area contributed by atoms with E-state index in [1.54, 1.807) is 12.1 Å². The van der Waals surface area contributed by atoms with Crippen LogP contribution in [-0.4, -0.2) is 6.04 Å². The lowest BCUT2D eigenvalue weighted by molar-refractivity contribution is 0.280. The molecule has 0 aromatic heterocycles. The van der Waals surface area contributed by atoms with Gasteiger partial charge in [-0.25, -0.2) is 4.39 Å². The molecule has 0 amide bonds. The number of hydrogen-bond donors (Lipinski definition) is 1. The van der Waals surface area contributed by atoms with Gasteiger partial charge in [0.1, 0.15) is 5.82 Å². The first-order valence-electron chi connectivity index (χ1n) is 7.15. The molecule has 1 aliphatic rings. The van der Waals surface area contributed by atoms with Gasteiger partial charge in [-0.05, 0) is 55.9 Å². The van der Waals surface area contributed by atoms with Crippen LogP contribution in [0.1, 0.15) is 50.2 Å². The number of aryl methyl sites for hydroxylation is 1. The highest BCUT2D eigenvalue weighted by Gasteiger charge is 2.19. The first-order valence-corrected chi connectivity index (χ1v) is 7.15. The van der Waals surface area contributed by atoms with Crippen LogP contribution >= 0.6 is 0 Å². The van der Waals surface area contributed by atoms with Gasteiger partial charge in [0.2, 0.25) is 0 Å². The molecule has 1 aliphatic carbocycles. The summed E-state index contributed by atoms with van der Waals surface area (Å²) in [6.45, 7) is 5.12. The van der Waals surface area contributed by atoms with Crippen LogP contribution in [0.15, 0.2) is 18.2 Å². The Balaban J connectivity index is 1.86. The fourth-order valence-corrected chi connectivity index (χ4v) is 2.93. The number of nitrogens with one attached hydrogen (secondary N) is 1. The Morgan fingerprint density at radius 1 is 1.28 bits per heavy atom. The maximum Gasteiger partial charge on any atom is 0.123 e. The van der Waals surface area contributed by atoms with Gasteiger partial charge in [-0.3, -0.25) is 0 Å². The Morgan fingerprint density at radius 3 is 2.67 bits per heavy atom. The van der Waals surface area contributed by atoms with E-state index in [1.165, 1.54) is 37.7 Å². The van der Waals surface area contributed by atoms with Crippen molar-refractivity contribution in [2.24, 2.45) is 5.92 Å². The standard InChI is InChI=1S/C16H24FN/c1-12-10-16(17)9-8-15(12)11-18-13(2)14-6-4-3-5-7-14/h8-10,13-14,18H,3-7,11H2,1-2H3/t13-/m0/s1. The third kappa shape index (κ3) is 3.55. The second-order valence-electron chi connectivity index (χ2n) is 5.64. The van der Waals surface area contributed by atoms with Crippen molar-refractivity contribution < 1.29 is 4.39 Å². The van der Waals surface area contributed by atoms with E-state index in [9.17, 15) is 4.39 Å². The maximum atomic E-state index is 13.0. The fraction of sp³-hybridized carbons (Fsp3) is 0.625. The van der Waals surface area contributed by atoms with Gasteiger partial charge >= 0.3 is 0 Å². The average molecular weight is 249 g/mol. The molecule has 0 spiro atoms. The monoisotopic (exact) mass is 249 g/mol. The highest BCUT2D eigenvalue weighted by molar-refractivity contribution is 5.26. The summed E-state index contributed by atoms with van der Waals surface area (Å²) in [5.41, 5.74) is 2.25. The van der Waals surface area contributed by atoms with Crippen LogP contribution in [0.5, 0.6) is 0 Å². The van der Waals surface area contributed by atoms with Gasteiger partial charge in [0.05, 0.1) is 0 Å². The molecule has 0 aliphatic heterocycles. The molecule has 18 heavy (non-hydrogen) atoms. The predicted octanol–water partition coefficient (Wildman–Crippen LogP) is 4.19. The minimum absolute atomic E-state index is 0.142. The fourth-order valence-electron chi connectivity index (χ4n) is 2.93. The molecule has 1 fully saturated rings. The summed E-state index contributed by atoms with van der Waals surface area (Å²) < 4.78 is 13.0. The summed E-state index contributed by atoms with van der Waals surface area (Å²) in [6.07, 6.45) is 6.88. The Bertz CT molecular complexity index is 383. The van der Waals surface area contributed by atoms with E-state index < -0.39 is 0 Å². The van der Waals surface area contributed by atoms with E-state index in [2.05, 4.69) is 12.2 Å². The van der Waals surface area contributed by atoms with Crippen molar-refractivity contribution in [3.63, 3.8) is 0 Å². The molecule has 1 saturated carbocycles. The molecule has 1 nitrogen and oxygen atoms in total. The second kappa shape index (κ2) is 6.33. The third-order valence-electron chi connectivity index (χ3n) is 4.28. The lowest BCUT2D eigenvalue weighted by Gasteiger charge is -2.28. The molecule has 0 radical (unpaired) electrons. The Labute approximate surface area is 110 Å². The van der Waals surface area contributed by atoms with E-state index >= 15 is 0 Å². The van der Waals surface area contributed by atoms with Crippen molar-refractivity contribution in [3.8, 4) is 0 Å². The van der Waals surface area contributed by atoms with Crippen molar-refractivity contribution in [2.45, 2.75) is 58.5 Å². The molecule has 1 aromatic rings. The molecule has 1 atom stereocenters. The summed E-state index contributed by atoms with van der Waals surface area (Å²) in [4.78, 5) is 0. The van der Waals surface area contributed by atoms with Crippen LogP contribution in [0.3, 0.4) is 0 Å².